The van der Waals surface area contributed by atoms with Gasteiger partial charge < -0.3 is 0 Å². The lowest BCUT2D eigenvalue weighted by Crippen LogP contribution is -2.46. The Bertz CT molecular complexity index is 926. The van der Waals surface area contributed by atoms with Gasteiger partial charge in [-0.2, -0.15) is 5.26 Å². The van der Waals surface area contributed by atoms with Gasteiger partial charge in [0.2, 0.25) is 0 Å². The lowest BCUT2D eigenvalue weighted by Gasteiger charge is -2.45. The van der Waals surface area contributed by atoms with Gasteiger partial charge in [0.1, 0.15) is 6.07 Å². The minimum absolute atomic E-state index is 0.0363. The fourth-order valence-electron chi connectivity index (χ4n) is 4.40. The predicted octanol–water partition coefficient (Wildman–Crippen LogP) is 3.63. The molecule has 0 amide bonds. The van der Waals surface area contributed by atoms with E-state index in [1.165, 1.54) is 0 Å². The van der Waals surface area contributed by atoms with E-state index in [1.54, 1.807) is 0 Å². The zero-order valence-electron chi connectivity index (χ0n) is 14.4. The molecule has 0 unspecified atom stereocenters. The molecular formula is C21H19N3O. The van der Waals surface area contributed by atoms with Crippen molar-refractivity contribution in [3.63, 3.8) is 0 Å². The molecule has 0 bridgehead atoms. The third-order valence-electron chi connectivity index (χ3n) is 5.75. The third-order valence-corrected chi connectivity index (χ3v) is 5.75. The van der Waals surface area contributed by atoms with Crippen LogP contribution in [0.3, 0.4) is 0 Å². The highest BCUT2D eigenvalue weighted by atomic mass is 16.1. The average Bonchev–Trinajstić information content (AvgIpc) is 2.65. The quantitative estimate of drug-likeness (QED) is 0.801. The first kappa shape index (κ1) is 15.7. The zero-order valence-corrected chi connectivity index (χ0v) is 14.4. The molecular weight excluding hydrogens is 310 g/mol. The Morgan fingerprint density at radius 2 is 2.04 bits per heavy atom. The van der Waals surface area contributed by atoms with Gasteiger partial charge in [-0.1, -0.05) is 50.3 Å². The van der Waals surface area contributed by atoms with E-state index in [0.717, 1.165) is 29.7 Å². The molecule has 124 valence electrons. The van der Waals surface area contributed by atoms with E-state index < -0.39 is 5.41 Å². The molecule has 25 heavy (non-hydrogen) atoms. The Morgan fingerprint density at radius 3 is 2.76 bits per heavy atom. The number of hydrogen-bond donors (Lipinski definition) is 0. The number of hydrogen-bond acceptors (Lipinski definition) is 4. The zero-order chi connectivity index (χ0) is 17.6. The van der Waals surface area contributed by atoms with Gasteiger partial charge in [-0.05, 0) is 24.3 Å². The Labute approximate surface area is 147 Å². The van der Waals surface area contributed by atoms with Crippen molar-refractivity contribution in [3.8, 4) is 17.5 Å². The minimum Gasteiger partial charge on any atom is -0.293 e. The maximum absolute atomic E-state index is 12.4. The average molecular weight is 329 g/mol. The van der Waals surface area contributed by atoms with Crippen LogP contribution in [0.25, 0.3) is 11.4 Å². The highest BCUT2D eigenvalue weighted by Crippen LogP contribution is 2.49. The van der Waals surface area contributed by atoms with E-state index in [9.17, 15) is 10.1 Å². The summed E-state index contributed by atoms with van der Waals surface area (Å²) in [5.74, 6) is 0.666. The molecule has 0 radical (unpaired) electrons. The monoisotopic (exact) mass is 329 g/mol. The van der Waals surface area contributed by atoms with Crippen LogP contribution in [0.15, 0.2) is 48.2 Å². The van der Waals surface area contributed by atoms with Crippen LogP contribution in [0.4, 0.5) is 0 Å². The maximum Gasteiger partial charge on any atom is 0.176 e. The summed E-state index contributed by atoms with van der Waals surface area (Å²) in [6.45, 7) is 4.05. The van der Waals surface area contributed by atoms with E-state index in [4.69, 9.17) is 4.98 Å². The van der Waals surface area contributed by atoms with Gasteiger partial charge in [-0.3, -0.25) is 4.79 Å². The van der Waals surface area contributed by atoms with Crippen LogP contribution in [0, 0.1) is 23.2 Å². The molecule has 2 aliphatic carbocycles. The molecule has 2 aromatic rings. The number of aryl methyl sites for hydroxylation is 1. The number of Topliss-reactive ketones (excluding diaryl/α,β-unsaturated/α-hetero) is 1. The molecule has 4 rings (SSSR count). The Balaban J connectivity index is 1.91. The van der Waals surface area contributed by atoms with Gasteiger partial charge >= 0.3 is 0 Å². The van der Waals surface area contributed by atoms with Gasteiger partial charge in [-0.15, -0.1) is 0 Å². The summed E-state index contributed by atoms with van der Waals surface area (Å²) >= 11 is 0. The molecule has 0 spiro atoms. The van der Waals surface area contributed by atoms with Crippen LogP contribution < -0.4 is 0 Å². The second kappa shape index (κ2) is 5.63. The second-order valence-electron chi connectivity index (χ2n) is 7.18. The van der Waals surface area contributed by atoms with Gasteiger partial charge in [0, 0.05) is 23.1 Å². The Hall–Kier alpha value is -2.80. The highest BCUT2D eigenvalue weighted by Gasteiger charge is 2.48. The predicted molar refractivity (Wildman–Crippen MR) is 94.5 cm³/mol. The lowest BCUT2D eigenvalue weighted by atomic mass is 9.58. The van der Waals surface area contributed by atoms with E-state index in [0.29, 0.717) is 5.82 Å². The highest BCUT2D eigenvalue weighted by molar-refractivity contribution is 6.02. The van der Waals surface area contributed by atoms with Gasteiger partial charge in [-0.25, -0.2) is 9.97 Å². The van der Waals surface area contributed by atoms with Crippen molar-refractivity contribution in [1.82, 2.24) is 9.97 Å². The summed E-state index contributed by atoms with van der Waals surface area (Å²) < 4.78 is 0. The summed E-state index contributed by atoms with van der Waals surface area (Å²) in [6, 6.07) is 12.0. The van der Waals surface area contributed by atoms with Crippen LogP contribution in [-0.4, -0.2) is 15.8 Å². The molecule has 3 atom stereocenters. The topological polar surface area (TPSA) is 66.6 Å². The van der Waals surface area contributed by atoms with Crippen LogP contribution in [0.2, 0.25) is 0 Å². The molecule has 0 N–H and O–H groups in total. The number of carbonyl (C=O) groups excluding carboxylic acids is 1. The van der Waals surface area contributed by atoms with Crippen LogP contribution >= 0.6 is 0 Å². The molecule has 0 aliphatic heterocycles. The molecule has 0 fully saturated rings. The number of fused-ring (bicyclic) bond motifs is 3. The number of allylic oxidation sites excluding steroid dienone is 2. The molecule has 1 aromatic heterocycles. The van der Waals surface area contributed by atoms with Crippen molar-refractivity contribution < 1.29 is 4.79 Å². The van der Waals surface area contributed by atoms with E-state index in [1.807, 2.05) is 49.5 Å². The SMILES string of the molecule is C[C@@H]1C(=O)C(C#N)=C[C@]2(C)c3nc(-c4ccccc4)ncc3CC[C@@H]12. The number of nitriles is 1. The Kier molecular flexibility index (Phi) is 3.54. The molecule has 4 nitrogen and oxygen atoms in total. The molecule has 4 heteroatoms. The maximum atomic E-state index is 12.4. The number of rotatable bonds is 1. The first-order chi connectivity index (χ1) is 12.0. The largest absolute Gasteiger partial charge is 0.293 e. The fourth-order valence-corrected chi connectivity index (χ4v) is 4.40. The molecule has 1 aromatic carbocycles. The molecule has 1 heterocycles. The van der Waals surface area contributed by atoms with Crippen molar-refractivity contribution in [2.45, 2.75) is 32.1 Å². The Morgan fingerprint density at radius 1 is 1.28 bits per heavy atom. The summed E-state index contributed by atoms with van der Waals surface area (Å²) in [7, 11) is 0. The van der Waals surface area contributed by atoms with Crippen molar-refractivity contribution in [2.75, 3.05) is 0 Å². The van der Waals surface area contributed by atoms with Gasteiger partial charge in [0.15, 0.2) is 11.6 Å². The van der Waals surface area contributed by atoms with Crippen LogP contribution in [0.1, 0.15) is 31.5 Å². The number of benzene rings is 1. The first-order valence-electron chi connectivity index (χ1n) is 8.63. The third kappa shape index (κ3) is 2.31. The van der Waals surface area contributed by atoms with E-state index >= 15 is 0 Å². The van der Waals surface area contributed by atoms with Crippen molar-refractivity contribution >= 4 is 5.78 Å². The van der Waals surface area contributed by atoms with E-state index in [-0.39, 0.29) is 23.2 Å². The first-order valence-corrected chi connectivity index (χ1v) is 8.63. The number of carbonyl (C=O) groups is 1. The molecule has 0 saturated heterocycles. The van der Waals surface area contributed by atoms with Gasteiger partial charge in [0.25, 0.3) is 0 Å². The van der Waals surface area contributed by atoms with Gasteiger partial charge in [0.05, 0.1) is 11.3 Å². The second-order valence-corrected chi connectivity index (χ2v) is 7.18. The van der Waals surface area contributed by atoms with Crippen LogP contribution in [-0.2, 0) is 16.6 Å². The van der Waals surface area contributed by atoms with Crippen LogP contribution in [0.5, 0.6) is 0 Å². The number of nitrogens with zero attached hydrogens (tertiary/aromatic N) is 3. The molecule has 2 aliphatic rings. The van der Waals surface area contributed by atoms with Crippen molar-refractivity contribution in [1.29, 1.82) is 5.26 Å². The summed E-state index contributed by atoms with van der Waals surface area (Å²) in [5, 5.41) is 9.39. The summed E-state index contributed by atoms with van der Waals surface area (Å²) in [4.78, 5) is 21.9. The van der Waals surface area contributed by atoms with Crippen molar-refractivity contribution in [3.05, 3.63) is 59.4 Å². The smallest absolute Gasteiger partial charge is 0.176 e. The van der Waals surface area contributed by atoms with E-state index in [2.05, 4.69) is 18.0 Å². The summed E-state index contributed by atoms with van der Waals surface area (Å²) in [6.07, 6.45) is 5.55. The molecule has 0 saturated carbocycles. The fraction of sp³-hybridized carbons (Fsp3) is 0.333. The minimum atomic E-state index is -0.404. The standard InChI is InChI=1S/C21H19N3O/c1-13-17-9-8-15-12-23-20(14-6-4-3-5-7-14)24-19(15)21(17,2)10-16(11-22)18(13)25/h3-7,10,12-13,17H,8-9H2,1-2H3/t13-,17-,21-/m0/s1. The number of aromatic nitrogens is 2. The summed E-state index contributed by atoms with van der Waals surface area (Å²) in [5.41, 5.74) is 2.91. The lowest BCUT2D eigenvalue weighted by molar-refractivity contribution is -0.121. The normalized spacial score (nSPS) is 27.7. The number of ketones is 1. The van der Waals surface area contributed by atoms with Crippen molar-refractivity contribution in [2.24, 2.45) is 11.8 Å².